The Bertz CT molecular complexity index is 719. The first-order chi connectivity index (χ1) is 9.90. The number of rotatable bonds is 4. The molecular weight excluding hydrogens is 336 g/mol. The van der Waals surface area contributed by atoms with Crippen molar-refractivity contribution in [3.05, 3.63) is 28.4 Å². The van der Waals surface area contributed by atoms with E-state index in [-0.39, 0.29) is 0 Å². The summed E-state index contributed by atoms with van der Waals surface area (Å²) in [5.41, 5.74) is 1.23. The molecule has 1 heterocycles. The van der Waals surface area contributed by atoms with Gasteiger partial charge in [-0.25, -0.2) is 0 Å². The molecule has 1 aromatic heterocycles. The van der Waals surface area contributed by atoms with E-state index < -0.39 is 11.7 Å². The van der Waals surface area contributed by atoms with E-state index in [1.807, 2.05) is 17.6 Å². The van der Waals surface area contributed by atoms with E-state index in [4.69, 9.17) is 4.74 Å². The highest BCUT2D eigenvalue weighted by Crippen LogP contribution is 2.34. The van der Waals surface area contributed by atoms with Gasteiger partial charge in [0.2, 0.25) is 0 Å². The zero-order valence-corrected chi connectivity index (χ0v) is 14.0. The molecule has 5 nitrogen and oxygen atoms in total. The smallest absolute Gasteiger partial charge is 0.294 e. The molecule has 21 heavy (non-hydrogen) atoms. The van der Waals surface area contributed by atoms with Crippen LogP contribution in [0.15, 0.2) is 22.8 Å². The largest absolute Gasteiger partial charge is 0.496 e. The Morgan fingerprint density at radius 2 is 2.00 bits per heavy atom. The molecule has 0 spiro atoms. The van der Waals surface area contributed by atoms with Crippen molar-refractivity contribution in [2.75, 3.05) is 21.2 Å². The summed E-state index contributed by atoms with van der Waals surface area (Å²) in [4.78, 5) is 25.7. The molecule has 0 aliphatic carbocycles. The number of methoxy groups -OCH3 is 1. The van der Waals surface area contributed by atoms with Crippen LogP contribution < -0.4 is 4.74 Å². The van der Waals surface area contributed by atoms with E-state index in [1.165, 1.54) is 4.90 Å². The minimum atomic E-state index is -0.546. The minimum absolute atomic E-state index is 0.370. The van der Waals surface area contributed by atoms with Gasteiger partial charge in [-0.1, -0.05) is 15.9 Å². The van der Waals surface area contributed by atoms with Gasteiger partial charge in [-0.2, -0.15) is 0 Å². The van der Waals surface area contributed by atoms with Crippen LogP contribution in [-0.2, 0) is 11.3 Å². The molecule has 0 unspecified atom stereocenters. The highest BCUT2D eigenvalue weighted by atomic mass is 79.9. The highest BCUT2D eigenvalue weighted by Gasteiger charge is 2.25. The Morgan fingerprint density at radius 1 is 1.33 bits per heavy atom. The molecule has 0 N–H and O–H groups in total. The van der Waals surface area contributed by atoms with Gasteiger partial charge in [-0.15, -0.1) is 0 Å². The number of benzene rings is 1. The van der Waals surface area contributed by atoms with Gasteiger partial charge in [-0.05, 0) is 19.1 Å². The zero-order chi connectivity index (χ0) is 15.7. The average Bonchev–Trinajstić information content (AvgIpc) is 2.83. The molecule has 0 saturated heterocycles. The second-order valence-electron chi connectivity index (χ2n) is 4.86. The summed E-state index contributed by atoms with van der Waals surface area (Å²) in [6.45, 7) is 2.67. The first kappa shape index (κ1) is 15.6. The van der Waals surface area contributed by atoms with Crippen LogP contribution in [0.2, 0.25) is 0 Å². The molecule has 0 radical (unpaired) electrons. The minimum Gasteiger partial charge on any atom is -0.496 e. The number of nitrogens with zero attached hydrogens (tertiary/aromatic N) is 2. The van der Waals surface area contributed by atoms with Crippen molar-refractivity contribution in [1.29, 1.82) is 0 Å². The predicted molar refractivity (Wildman–Crippen MR) is 84.9 cm³/mol. The first-order valence-electron chi connectivity index (χ1n) is 6.53. The van der Waals surface area contributed by atoms with Crippen LogP contribution in [0.3, 0.4) is 0 Å². The van der Waals surface area contributed by atoms with Crippen LogP contribution in [-0.4, -0.2) is 42.4 Å². The molecule has 0 atom stereocenters. The van der Waals surface area contributed by atoms with Gasteiger partial charge in [0.1, 0.15) is 5.75 Å². The van der Waals surface area contributed by atoms with Gasteiger partial charge in [-0.3, -0.25) is 9.59 Å². The third-order valence-corrected chi connectivity index (χ3v) is 3.77. The van der Waals surface area contributed by atoms with Crippen molar-refractivity contribution in [1.82, 2.24) is 9.47 Å². The predicted octanol–water partition coefficient (Wildman–Crippen LogP) is 2.70. The summed E-state index contributed by atoms with van der Waals surface area (Å²) in [6.07, 6.45) is 1.71. The number of halogens is 1. The van der Waals surface area contributed by atoms with Crippen molar-refractivity contribution >= 4 is 38.5 Å². The molecule has 1 amide bonds. The standard InChI is InChI=1S/C15H17BrN2O3/c1-5-18-8-10(14(19)15(20)17(2)3)13-11(18)6-9(16)7-12(13)21-4/h6-8H,5H2,1-4H3. The van der Waals surface area contributed by atoms with Crippen LogP contribution >= 0.6 is 15.9 Å². The van der Waals surface area contributed by atoms with Crippen molar-refractivity contribution in [2.45, 2.75) is 13.5 Å². The normalized spacial score (nSPS) is 10.7. The van der Waals surface area contributed by atoms with Crippen molar-refractivity contribution in [2.24, 2.45) is 0 Å². The molecule has 0 fully saturated rings. The number of aromatic nitrogens is 1. The van der Waals surface area contributed by atoms with Gasteiger partial charge in [0.15, 0.2) is 0 Å². The Kier molecular flexibility index (Phi) is 4.37. The SMILES string of the molecule is CCn1cc(C(=O)C(=O)N(C)C)c2c(OC)cc(Br)cc21. The van der Waals surface area contributed by atoms with Crippen molar-refractivity contribution in [3.8, 4) is 5.75 Å². The fourth-order valence-corrected chi connectivity index (χ4v) is 2.69. The van der Waals surface area contributed by atoms with Gasteiger partial charge >= 0.3 is 0 Å². The summed E-state index contributed by atoms with van der Waals surface area (Å²) in [5, 5.41) is 0.669. The Labute approximate surface area is 131 Å². The van der Waals surface area contributed by atoms with Crippen LogP contribution in [0, 0.1) is 0 Å². The number of aryl methyl sites for hydroxylation is 1. The van der Waals surface area contributed by atoms with Crippen LogP contribution in [0.25, 0.3) is 10.9 Å². The summed E-state index contributed by atoms with van der Waals surface area (Å²) >= 11 is 3.43. The average molecular weight is 353 g/mol. The number of hydrogen-bond donors (Lipinski definition) is 0. The van der Waals surface area contributed by atoms with Gasteiger partial charge in [0.05, 0.1) is 23.6 Å². The number of likely N-dealkylation sites (N-methyl/N-ethyl adjacent to an activating group) is 1. The first-order valence-corrected chi connectivity index (χ1v) is 7.32. The summed E-state index contributed by atoms with van der Waals surface area (Å²) < 4.78 is 8.16. The lowest BCUT2D eigenvalue weighted by molar-refractivity contribution is -0.124. The van der Waals surface area contributed by atoms with E-state index in [2.05, 4.69) is 15.9 Å². The maximum absolute atomic E-state index is 12.4. The van der Waals surface area contributed by atoms with Crippen molar-refractivity contribution < 1.29 is 14.3 Å². The highest BCUT2D eigenvalue weighted by molar-refractivity contribution is 9.10. The summed E-state index contributed by atoms with van der Waals surface area (Å²) in [5.74, 6) is -0.505. The molecule has 0 aliphatic rings. The third-order valence-electron chi connectivity index (χ3n) is 3.32. The molecule has 2 rings (SSSR count). The Balaban J connectivity index is 2.75. The molecule has 2 aromatic rings. The van der Waals surface area contributed by atoms with Crippen LogP contribution in [0.1, 0.15) is 17.3 Å². The molecule has 112 valence electrons. The van der Waals surface area contributed by atoms with Crippen LogP contribution in [0.4, 0.5) is 0 Å². The number of Topliss-reactive ketones (excluding diaryl/α,β-unsaturated/α-hetero) is 1. The van der Waals surface area contributed by atoms with Gasteiger partial charge in [0, 0.05) is 31.3 Å². The maximum atomic E-state index is 12.4. The summed E-state index contributed by atoms with van der Waals surface area (Å²) in [6, 6.07) is 3.71. The Morgan fingerprint density at radius 3 is 2.52 bits per heavy atom. The quantitative estimate of drug-likeness (QED) is 0.627. The second kappa shape index (κ2) is 5.89. The number of hydrogen-bond acceptors (Lipinski definition) is 3. The Hall–Kier alpha value is -1.82. The lowest BCUT2D eigenvalue weighted by Gasteiger charge is -2.09. The van der Waals surface area contributed by atoms with E-state index in [0.717, 1.165) is 9.99 Å². The summed E-state index contributed by atoms with van der Waals surface area (Å²) in [7, 11) is 4.67. The van der Waals surface area contributed by atoms with E-state index in [0.29, 0.717) is 23.2 Å². The molecule has 0 saturated carbocycles. The van der Waals surface area contributed by atoms with Gasteiger partial charge in [0.25, 0.3) is 11.7 Å². The number of fused-ring (bicyclic) bond motifs is 1. The topological polar surface area (TPSA) is 51.5 Å². The monoisotopic (exact) mass is 352 g/mol. The molecule has 1 aromatic carbocycles. The number of carbonyl (C=O) groups excluding carboxylic acids is 2. The number of ketones is 1. The molecule has 0 aliphatic heterocycles. The molecule has 0 bridgehead atoms. The van der Waals surface area contributed by atoms with E-state index >= 15 is 0 Å². The van der Waals surface area contributed by atoms with E-state index in [1.54, 1.807) is 33.5 Å². The maximum Gasteiger partial charge on any atom is 0.294 e. The van der Waals surface area contributed by atoms with Crippen molar-refractivity contribution in [3.63, 3.8) is 0 Å². The molecular formula is C15H17BrN2O3. The zero-order valence-electron chi connectivity index (χ0n) is 12.4. The second-order valence-corrected chi connectivity index (χ2v) is 5.78. The fraction of sp³-hybridized carbons (Fsp3) is 0.333. The van der Waals surface area contributed by atoms with Crippen LogP contribution in [0.5, 0.6) is 5.75 Å². The van der Waals surface area contributed by atoms with E-state index in [9.17, 15) is 9.59 Å². The fourth-order valence-electron chi connectivity index (χ4n) is 2.27. The number of amides is 1. The lowest BCUT2D eigenvalue weighted by Crippen LogP contribution is -2.29. The lowest BCUT2D eigenvalue weighted by atomic mass is 10.1. The van der Waals surface area contributed by atoms with Gasteiger partial charge < -0.3 is 14.2 Å². The molecule has 6 heteroatoms. The number of carbonyl (C=O) groups is 2. The number of ether oxygens (including phenoxy) is 1. The third kappa shape index (κ3) is 2.68.